The summed E-state index contributed by atoms with van der Waals surface area (Å²) < 4.78 is 6.94. The van der Waals surface area contributed by atoms with Gasteiger partial charge in [-0.05, 0) is 68.8 Å². The van der Waals surface area contributed by atoms with E-state index in [-0.39, 0.29) is 23.4 Å². The molecule has 3 nitrogen and oxygen atoms in total. The molecule has 2 heterocycles. The van der Waals surface area contributed by atoms with Gasteiger partial charge in [0.25, 0.3) is 0 Å². The smallest absolute Gasteiger partial charge is 0.156 e. The Balaban J connectivity index is 0.984. The number of hydrogen-bond acceptors (Lipinski definition) is 3. The van der Waals surface area contributed by atoms with Crippen molar-refractivity contribution in [3.63, 3.8) is 0 Å². The number of para-hydroxylation sites is 2. The van der Waals surface area contributed by atoms with Crippen molar-refractivity contribution in [3.05, 3.63) is 204 Å². The molecule has 3 aliphatic carbocycles. The van der Waals surface area contributed by atoms with Gasteiger partial charge in [0.05, 0.1) is 16.6 Å². The van der Waals surface area contributed by atoms with Gasteiger partial charge in [-0.3, -0.25) is 0 Å². The van der Waals surface area contributed by atoms with Crippen LogP contribution in [0.25, 0.3) is 49.6 Å². The SMILES string of the molecule is C1=CC(C2=CC3Oc4ccccc4C4(c5ccccc5-c5ccccc54)C3C=C2)CC(c2nc(-c3cccc4ccccc34)c3ccccc3n2)=C1. The molecule has 1 spiro atoms. The number of hydrogen-bond donors (Lipinski definition) is 0. The third-order valence-electron chi connectivity index (χ3n) is 11.7. The molecule has 0 bridgehead atoms. The molecular formula is C49H34N2O. The molecule has 1 aromatic heterocycles. The summed E-state index contributed by atoms with van der Waals surface area (Å²) in [5.41, 5.74) is 11.7. The molecule has 0 saturated heterocycles. The Morgan fingerprint density at radius 3 is 2.12 bits per heavy atom. The molecule has 4 aliphatic rings. The molecule has 3 heteroatoms. The van der Waals surface area contributed by atoms with Crippen LogP contribution in [-0.2, 0) is 5.41 Å². The maximum atomic E-state index is 6.94. The van der Waals surface area contributed by atoms with Gasteiger partial charge in [-0.15, -0.1) is 0 Å². The quantitative estimate of drug-likeness (QED) is 0.188. The Morgan fingerprint density at radius 1 is 0.596 bits per heavy atom. The topological polar surface area (TPSA) is 35.0 Å². The van der Waals surface area contributed by atoms with Gasteiger partial charge in [0.1, 0.15) is 11.9 Å². The summed E-state index contributed by atoms with van der Waals surface area (Å²) >= 11 is 0. The molecule has 0 fully saturated rings. The Morgan fingerprint density at radius 2 is 1.27 bits per heavy atom. The fraction of sp³-hybridized carbons (Fsp3) is 0.102. The first-order valence-electron chi connectivity index (χ1n) is 18.3. The maximum Gasteiger partial charge on any atom is 0.156 e. The van der Waals surface area contributed by atoms with Crippen LogP contribution in [0, 0.1) is 11.8 Å². The van der Waals surface area contributed by atoms with Gasteiger partial charge in [0.15, 0.2) is 5.82 Å². The second-order valence-corrected chi connectivity index (χ2v) is 14.4. The van der Waals surface area contributed by atoms with Crippen LogP contribution in [0.3, 0.4) is 0 Å². The molecule has 0 saturated carbocycles. The minimum atomic E-state index is -0.338. The first-order chi connectivity index (χ1) is 25.8. The van der Waals surface area contributed by atoms with Crippen LogP contribution in [0.1, 0.15) is 28.9 Å². The van der Waals surface area contributed by atoms with Crippen LogP contribution < -0.4 is 4.74 Å². The summed E-state index contributed by atoms with van der Waals surface area (Å²) in [7, 11) is 0. The zero-order valence-electron chi connectivity index (χ0n) is 28.5. The lowest BCUT2D eigenvalue weighted by Crippen LogP contribution is -2.48. The van der Waals surface area contributed by atoms with E-state index in [1.165, 1.54) is 44.2 Å². The molecule has 0 amide bonds. The summed E-state index contributed by atoms with van der Waals surface area (Å²) in [4.78, 5) is 10.5. The molecule has 1 aliphatic heterocycles. The molecule has 246 valence electrons. The molecule has 6 aromatic carbocycles. The highest BCUT2D eigenvalue weighted by atomic mass is 16.5. The zero-order valence-corrected chi connectivity index (χ0v) is 28.5. The lowest BCUT2D eigenvalue weighted by molar-refractivity contribution is 0.140. The molecule has 52 heavy (non-hydrogen) atoms. The van der Waals surface area contributed by atoms with Crippen molar-refractivity contribution in [3.8, 4) is 28.1 Å². The van der Waals surface area contributed by atoms with E-state index in [1.54, 1.807) is 0 Å². The summed E-state index contributed by atoms with van der Waals surface area (Å²) in [6, 6.07) is 50.0. The molecule has 0 radical (unpaired) electrons. The molecule has 0 N–H and O–H groups in total. The van der Waals surface area contributed by atoms with E-state index >= 15 is 0 Å². The van der Waals surface area contributed by atoms with E-state index in [1.807, 2.05) is 0 Å². The third kappa shape index (κ3) is 4.20. The van der Waals surface area contributed by atoms with Crippen molar-refractivity contribution in [2.45, 2.75) is 17.9 Å². The van der Waals surface area contributed by atoms with Gasteiger partial charge in [-0.2, -0.15) is 0 Å². The van der Waals surface area contributed by atoms with Gasteiger partial charge in [0.2, 0.25) is 0 Å². The van der Waals surface area contributed by atoms with Gasteiger partial charge in [-0.25, -0.2) is 9.97 Å². The number of fused-ring (bicyclic) bond motifs is 11. The molecule has 7 aromatic rings. The Bertz CT molecular complexity index is 2680. The predicted molar refractivity (Wildman–Crippen MR) is 211 cm³/mol. The van der Waals surface area contributed by atoms with Crippen LogP contribution in [0.2, 0.25) is 0 Å². The average molecular weight is 667 g/mol. The highest BCUT2D eigenvalue weighted by molar-refractivity contribution is 6.03. The highest BCUT2D eigenvalue weighted by Crippen LogP contribution is 2.62. The Labute approximate surface area is 303 Å². The number of nitrogens with zero attached hydrogens (tertiary/aromatic N) is 2. The Kier molecular flexibility index (Phi) is 6.42. The van der Waals surface area contributed by atoms with E-state index in [2.05, 4.69) is 176 Å². The minimum absolute atomic E-state index is 0.102. The Hall–Kier alpha value is -6.32. The van der Waals surface area contributed by atoms with Crippen LogP contribution in [0.4, 0.5) is 0 Å². The van der Waals surface area contributed by atoms with E-state index in [9.17, 15) is 0 Å². The van der Waals surface area contributed by atoms with Crippen LogP contribution in [0.15, 0.2) is 182 Å². The van der Waals surface area contributed by atoms with E-state index < -0.39 is 0 Å². The van der Waals surface area contributed by atoms with E-state index in [0.29, 0.717) is 0 Å². The number of allylic oxidation sites excluding steroid dienone is 6. The van der Waals surface area contributed by atoms with Crippen molar-refractivity contribution in [2.24, 2.45) is 11.8 Å². The van der Waals surface area contributed by atoms with Crippen molar-refractivity contribution in [1.29, 1.82) is 0 Å². The summed E-state index contributed by atoms with van der Waals surface area (Å²) in [6.45, 7) is 0. The van der Waals surface area contributed by atoms with E-state index in [0.717, 1.165) is 45.7 Å². The second-order valence-electron chi connectivity index (χ2n) is 14.4. The monoisotopic (exact) mass is 666 g/mol. The van der Waals surface area contributed by atoms with Gasteiger partial charge >= 0.3 is 0 Å². The molecule has 3 atom stereocenters. The van der Waals surface area contributed by atoms with Crippen LogP contribution in [-0.4, -0.2) is 16.1 Å². The minimum Gasteiger partial charge on any atom is -0.485 e. The lowest BCUT2D eigenvalue weighted by atomic mass is 9.59. The zero-order chi connectivity index (χ0) is 34.2. The van der Waals surface area contributed by atoms with Gasteiger partial charge < -0.3 is 4.74 Å². The van der Waals surface area contributed by atoms with Crippen molar-refractivity contribution in [1.82, 2.24) is 9.97 Å². The van der Waals surface area contributed by atoms with Crippen LogP contribution >= 0.6 is 0 Å². The van der Waals surface area contributed by atoms with E-state index in [4.69, 9.17) is 14.7 Å². The van der Waals surface area contributed by atoms with Crippen molar-refractivity contribution >= 4 is 27.2 Å². The fourth-order valence-electron chi connectivity index (χ4n) is 9.49. The third-order valence-corrected chi connectivity index (χ3v) is 11.7. The summed E-state index contributed by atoms with van der Waals surface area (Å²) in [6.07, 6.45) is 14.6. The first-order valence-corrected chi connectivity index (χ1v) is 18.3. The normalized spacial score (nSPS) is 20.4. The fourth-order valence-corrected chi connectivity index (χ4v) is 9.49. The first kappa shape index (κ1) is 29.4. The van der Waals surface area contributed by atoms with Crippen molar-refractivity contribution in [2.75, 3.05) is 0 Å². The lowest BCUT2D eigenvalue weighted by Gasteiger charge is -2.48. The molecule has 11 rings (SSSR count). The second kappa shape index (κ2) is 11.3. The van der Waals surface area contributed by atoms with Gasteiger partial charge in [0, 0.05) is 28.3 Å². The maximum absolute atomic E-state index is 6.94. The predicted octanol–water partition coefficient (Wildman–Crippen LogP) is 11.3. The van der Waals surface area contributed by atoms with Crippen molar-refractivity contribution < 1.29 is 4.74 Å². The van der Waals surface area contributed by atoms with Crippen LogP contribution in [0.5, 0.6) is 5.75 Å². The largest absolute Gasteiger partial charge is 0.485 e. The summed E-state index contributed by atoms with van der Waals surface area (Å²) in [5, 5.41) is 3.47. The molecule has 3 unspecified atom stereocenters. The standard InChI is InChI=1S/C49H34N2O/c1-2-17-35-31(13-1)14-12-21-38(35)47-39-20-5-9-25-44(39)50-48(51-47)34-16-11-15-32(29-34)33-27-28-43-46(30-33)52-45-26-10-8-24-42(45)49(43)40-22-6-3-18-36(40)37-19-4-7-23-41(37)49/h1-28,30,32,43,46H,29H2. The average Bonchev–Trinajstić information content (AvgIpc) is 3.51. The number of ether oxygens (including phenoxy) is 1. The number of aromatic nitrogens is 2. The highest BCUT2D eigenvalue weighted by Gasteiger charge is 2.56. The summed E-state index contributed by atoms with van der Waals surface area (Å²) in [5.74, 6) is 2.03. The molecular weight excluding hydrogens is 633 g/mol. The number of benzene rings is 6. The van der Waals surface area contributed by atoms with Gasteiger partial charge in [-0.1, -0.05) is 158 Å². The number of rotatable bonds is 3.